The fraction of sp³-hybridized carbons (Fsp3) is 0.481. The van der Waals surface area contributed by atoms with Crippen LogP contribution in [-0.2, 0) is 4.79 Å². The molecule has 180 valence electrons. The van der Waals surface area contributed by atoms with Crippen LogP contribution < -0.4 is 15.0 Å². The van der Waals surface area contributed by atoms with Crippen molar-refractivity contribution in [1.29, 1.82) is 0 Å². The highest BCUT2D eigenvalue weighted by atomic mass is 16.5. The summed E-state index contributed by atoms with van der Waals surface area (Å²) in [5, 5.41) is 3.06. The average molecular weight is 463 g/mol. The predicted molar refractivity (Wildman–Crippen MR) is 132 cm³/mol. The molecule has 3 aliphatic rings. The maximum absolute atomic E-state index is 13.2. The van der Waals surface area contributed by atoms with Crippen molar-refractivity contribution >= 4 is 17.6 Å². The maximum atomic E-state index is 13.2. The van der Waals surface area contributed by atoms with Gasteiger partial charge >= 0.3 is 6.03 Å². The maximum Gasteiger partial charge on any atom is 0.324 e. The van der Waals surface area contributed by atoms with Gasteiger partial charge in [0.15, 0.2) is 0 Å². The Morgan fingerprint density at radius 1 is 0.853 bits per heavy atom. The molecule has 1 N–H and O–H groups in total. The van der Waals surface area contributed by atoms with Crippen LogP contribution in [0.2, 0.25) is 0 Å². The van der Waals surface area contributed by atoms with Crippen LogP contribution in [0.15, 0.2) is 54.6 Å². The van der Waals surface area contributed by atoms with Crippen LogP contribution in [0.1, 0.15) is 39.0 Å². The summed E-state index contributed by atoms with van der Waals surface area (Å²) in [6.45, 7) is 5.11. The van der Waals surface area contributed by atoms with E-state index in [1.165, 1.54) is 0 Å². The third-order valence-electron chi connectivity index (χ3n) is 7.42. The molecule has 1 aliphatic carbocycles. The number of nitrogens with zero attached hydrogens (tertiary/aromatic N) is 3. The van der Waals surface area contributed by atoms with Crippen LogP contribution in [0.5, 0.6) is 11.5 Å². The van der Waals surface area contributed by atoms with E-state index in [1.807, 2.05) is 59.5 Å². The van der Waals surface area contributed by atoms with Crippen molar-refractivity contribution in [1.82, 2.24) is 15.1 Å². The molecule has 3 amide bonds. The van der Waals surface area contributed by atoms with Crippen LogP contribution in [-0.4, -0.2) is 66.0 Å². The monoisotopic (exact) mass is 462 g/mol. The van der Waals surface area contributed by atoms with E-state index >= 15 is 0 Å². The molecule has 2 saturated heterocycles. The minimum atomic E-state index is 0.0611. The molecule has 2 aromatic rings. The minimum absolute atomic E-state index is 0.0611. The first-order chi connectivity index (χ1) is 16.6. The molecule has 5 rings (SSSR count). The Hall–Kier alpha value is -3.06. The Morgan fingerprint density at radius 2 is 1.53 bits per heavy atom. The number of anilines is 1. The van der Waals surface area contributed by atoms with E-state index in [0.717, 1.165) is 75.5 Å². The highest BCUT2D eigenvalue weighted by Crippen LogP contribution is 2.32. The lowest BCUT2D eigenvalue weighted by Gasteiger charge is -2.38. The first-order valence-corrected chi connectivity index (χ1v) is 12.5. The van der Waals surface area contributed by atoms with Gasteiger partial charge in [0.2, 0.25) is 5.91 Å². The van der Waals surface area contributed by atoms with Crippen molar-refractivity contribution in [3.05, 3.63) is 54.6 Å². The second kappa shape index (κ2) is 10.1. The van der Waals surface area contributed by atoms with Gasteiger partial charge in [0.1, 0.15) is 11.5 Å². The van der Waals surface area contributed by atoms with Gasteiger partial charge in [0.25, 0.3) is 0 Å². The summed E-state index contributed by atoms with van der Waals surface area (Å²) in [5.41, 5.74) is 0.919. The van der Waals surface area contributed by atoms with Crippen molar-refractivity contribution in [3.63, 3.8) is 0 Å². The Labute approximate surface area is 201 Å². The van der Waals surface area contributed by atoms with Gasteiger partial charge in [-0.15, -0.1) is 0 Å². The zero-order valence-corrected chi connectivity index (χ0v) is 19.9. The van der Waals surface area contributed by atoms with Crippen molar-refractivity contribution in [2.45, 2.75) is 57.2 Å². The summed E-state index contributed by atoms with van der Waals surface area (Å²) >= 11 is 0. The molecule has 0 radical (unpaired) electrons. The standard InChI is InChI=1S/C27H34N4O3/c1-20(32)28-21-15-16-29(19-21)22-7-9-23(10-8-22)30-17-18-31(27(30)33)24-11-13-26(14-12-24)34-25-5-3-2-4-6-25/h2-6,11-14,21-23H,7-10,15-19H2,1H3,(H,28,32)/t21-,22?,23?/m1/s1. The molecule has 2 aromatic carbocycles. The zero-order valence-electron chi connectivity index (χ0n) is 19.9. The van der Waals surface area contributed by atoms with E-state index in [1.54, 1.807) is 6.92 Å². The fourth-order valence-corrected chi connectivity index (χ4v) is 5.71. The number of likely N-dealkylation sites (tertiary alicyclic amines) is 1. The number of para-hydroxylation sites is 1. The van der Waals surface area contributed by atoms with Crippen molar-refractivity contribution < 1.29 is 14.3 Å². The Bertz CT molecular complexity index is 989. The first-order valence-electron chi connectivity index (χ1n) is 12.5. The molecule has 0 aromatic heterocycles. The number of hydrogen-bond acceptors (Lipinski definition) is 4. The molecule has 7 heteroatoms. The van der Waals surface area contributed by atoms with Gasteiger partial charge in [-0.1, -0.05) is 18.2 Å². The Balaban J connectivity index is 1.13. The lowest BCUT2D eigenvalue weighted by Crippen LogP contribution is -2.46. The number of hydrogen-bond donors (Lipinski definition) is 1. The fourth-order valence-electron chi connectivity index (χ4n) is 5.71. The molecule has 2 aliphatic heterocycles. The van der Waals surface area contributed by atoms with E-state index in [0.29, 0.717) is 12.1 Å². The lowest BCUT2D eigenvalue weighted by molar-refractivity contribution is -0.119. The largest absolute Gasteiger partial charge is 0.457 e. The minimum Gasteiger partial charge on any atom is -0.457 e. The molecule has 0 spiro atoms. The van der Waals surface area contributed by atoms with Crippen LogP contribution in [0.25, 0.3) is 0 Å². The molecule has 34 heavy (non-hydrogen) atoms. The zero-order chi connectivity index (χ0) is 23.5. The highest BCUT2D eigenvalue weighted by molar-refractivity contribution is 5.94. The summed E-state index contributed by atoms with van der Waals surface area (Å²) in [6, 6.07) is 18.8. The Kier molecular flexibility index (Phi) is 6.72. The van der Waals surface area contributed by atoms with E-state index in [2.05, 4.69) is 15.1 Å². The molecule has 0 unspecified atom stereocenters. The van der Waals surface area contributed by atoms with Gasteiger partial charge in [-0.05, 0) is 68.5 Å². The van der Waals surface area contributed by atoms with Crippen LogP contribution in [0, 0.1) is 0 Å². The number of carbonyl (C=O) groups is 2. The van der Waals surface area contributed by atoms with E-state index in [4.69, 9.17) is 4.74 Å². The molecule has 0 bridgehead atoms. The third kappa shape index (κ3) is 5.04. The number of nitrogens with one attached hydrogen (secondary N) is 1. The van der Waals surface area contributed by atoms with E-state index < -0.39 is 0 Å². The van der Waals surface area contributed by atoms with Crippen LogP contribution in [0.3, 0.4) is 0 Å². The molecular formula is C27H34N4O3. The van der Waals surface area contributed by atoms with Crippen LogP contribution in [0.4, 0.5) is 10.5 Å². The molecular weight excluding hydrogens is 428 g/mol. The number of carbonyl (C=O) groups excluding carboxylic acids is 2. The van der Waals surface area contributed by atoms with Gasteiger partial charge in [0, 0.05) is 56.9 Å². The van der Waals surface area contributed by atoms with Crippen molar-refractivity contribution in [2.24, 2.45) is 0 Å². The number of rotatable bonds is 6. The molecule has 1 saturated carbocycles. The van der Waals surface area contributed by atoms with Gasteiger partial charge in [-0.2, -0.15) is 0 Å². The molecule has 7 nitrogen and oxygen atoms in total. The van der Waals surface area contributed by atoms with E-state index in [-0.39, 0.29) is 18.0 Å². The average Bonchev–Trinajstić information content (AvgIpc) is 3.47. The molecule has 1 atom stereocenters. The molecule has 3 fully saturated rings. The van der Waals surface area contributed by atoms with Gasteiger partial charge in [-0.3, -0.25) is 14.6 Å². The summed E-state index contributed by atoms with van der Waals surface area (Å²) in [6.07, 6.45) is 5.37. The van der Waals surface area contributed by atoms with Crippen LogP contribution >= 0.6 is 0 Å². The smallest absolute Gasteiger partial charge is 0.324 e. The summed E-state index contributed by atoms with van der Waals surface area (Å²) < 4.78 is 5.88. The second-order valence-corrected chi connectivity index (χ2v) is 9.68. The van der Waals surface area contributed by atoms with E-state index in [9.17, 15) is 9.59 Å². The number of urea groups is 1. The van der Waals surface area contributed by atoms with Gasteiger partial charge in [-0.25, -0.2) is 4.79 Å². The Morgan fingerprint density at radius 3 is 2.24 bits per heavy atom. The first kappa shape index (κ1) is 22.7. The SMILES string of the molecule is CC(=O)N[C@@H]1CCN(C2CCC(N3CCN(c4ccc(Oc5ccccc5)cc4)C3=O)CC2)C1. The van der Waals surface area contributed by atoms with Gasteiger partial charge < -0.3 is 15.0 Å². The third-order valence-corrected chi connectivity index (χ3v) is 7.42. The van der Waals surface area contributed by atoms with Crippen molar-refractivity contribution in [3.8, 4) is 11.5 Å². The number of ether oxygens (including phenoxy) is 1. The molecule has 2 heterocycles. The normalized spacial score (nSPS) is 25.6. The summed E-state index contributed by atoms with van der Waals surface area (Å²) in [4.78, 5) is 31.1. The number of amides is 3. The second-order valence-electron chi connectivity index (χ2n) is 9.68. The number of benzene rings is 2. The lowest BCUT2D eigenvalue weighted by atomic mass is 9.89. The predicted octanol–water partition coefficient (Wildman–Crippen LogP) is 4.24. The van der Waals surface area contributed by atoms with Gasteiger partial charge in [0.05, 0.1) is 0 Å². The summed E-state index contributed by atoms with van der Waals surface area (Å²) in [7, 11) is 0. The summed E-state index contributed by atoms with van der Waals surface area (Å²) in [5.74, 6) is 1.62. The quantitative estimate of drug-likeness (QED) is 0.697. The van der Waals surface area contributed by atoms with Crippen molar-refractivity contribution in [2.75, 3.05) is 31.1 Å². The highest BCUT2D eigenvalue weighted by Gasteiger charge is 2.38. The topological polar surface area (TPSA) is 65.1 Å².